The highest BCUT2D eigenvalue weighted by Crippen LogP contribution is 2.29. The van der Waals surface area contributed by atoms with E-state index in [4.69, 9.17) is 5.73 Å². The highest BCUT2D eigenvalue weighted by atomic mass is 19.1. The molecule has 25 heavy (non-hydrogen) atoms. The van der Waals surface area contributed by atoms with Gasteiger partial charge in [-0.2, -0.15) is 0 Å². The van der Waals surface area contributed by atoms with Crippen LogP contribution in [0.5, 0.6) is 0 Å². The smallest absolute Gasteiger partial charge is 0.250 e. The monoisotopic (exact) mass is 340 g/mol. The molecule has 2 aromatic heterocycles. The second-order valence-corrected chi connectivity index (χ2v) is 6.30. The zero-order valence-corrected chi connectivity index (χ0v) is 14.7. The van der Waals surface area contributed by atoms with Crippen molar-refractivity contribution in [1.82, 2.24) is 9.38 Å². The molecule has 0 aliphatic rings. The quantitative estimate of drug-likeness (QED) is 0.711. The number of carbonyl (C=O) groups is 1. The number of imidazole rings is 1. The van der Waals surface area contributed by atoms with Gasteiger partial charge in [0.1, 0.15) is 0 Å². The van der Waals surface area contributed by atoms with Crippen molar-refractivity contribution in [3.05, 3.63) is 64.1 Å². The molecule has 1 unspecified atom stereocenters. The Balaban J connectivity index is 2.12. The Morgan fingerprint density at radius 1 is 1.24 bits per heavy atom. The number of amides is 1. The van der Waals surface area contributed by atoms with E-state index < -0.39 is 12.2 Å². The van der Waals surface area contributed by atoms with Crippen LogP contribution in [-0.2, 0) is 0 Å². The summed E-state index contributed by atoms with van der Waals surface area (Å²) in [6.07, 6.45) is 0.204. The number of carbonyl (C=O) groups excluding carboxylic acids is 1. The number of aromatic nitrogens is 2. The minimum atomic E-state index is -1.43. The third kappa shape index (κ3) is 2.95. The van der Waals surface area contributed by atoms with E-state index >= 15 is 4.39 Å². The summed E-state index contributed by atoms with van der Waals surface area (Å²) in [5.74, 6) is -0.571. The number of hydrogen-bond donors (Lipinski definition) is 2. The number of alkyl halides is 1. The maximum absolute atomic E-state index is 15.0. The predicted molar refractivity (Wildman–Crippen MR) is 96.6 cm³/mol. The average Bonchev–Trinajstić information content (AvgIpc) is 2.83. The van der Waals surface area contributed by atoms with Crippen molar-refractivity contribution in [3.63, 3.8) is 0 Å². The lowest BCUT2D eigenvalue weighted by Gasteiger charge is -2.18. The van der Waals surface area contributed by atoms with E-state index in [9.17, 15) is 4.79 Å². The van der Waals surface area contributed by atoms with Crippen molar-refractivity contribution in [2.75, 3.05) is 5.32 Å². The van der Waals surface area contributed by atoms with E-state index in [1.165, 1.54) is 0 Å². The number of halogens is 1. The Kier molecular flexibility index (Phi) is 4.20. The summed E-state index contributed by atoms with van der Waals surface area (Å²) < 4.78 is 16.8. The van der Waals surface area contributed by atoms with Crippen LogP contribution in [-0.4, -0.2) is 15.3 Å². The number of nitrogens with two attached hydrogens (primary N) is 1. The summed E-state index contributed by atoms with van der Waals surface area (Å²) in [6, 6.07) is 7.18. The number of aryl methyl sites for hydroxylation is 4. The van der Waals surface area contributed by atoms with E-state index in [1.54, 1.807) is 16.7 Å². The first-order valence-electron chi connectivity index (χ1n) is 8.05. The molecule has 130 valence electrons. The molecular formula is C19H21FN4O. The van der Waals surface area contributed by atoms with Gasteiger partial charge in [0.25, 0.3) is 0 Å². The van der Waals surface area contributed by atoms with Crippen molar-refractivity contribution in [2.45, 2.75) is 34.0 Å². The number of rotatable bonds is 4. The highest BCUT2D eigenvalue weighted by Gasteiger charge is 2.19. The van der Waals surface area contributed by atoms with Crippen LogP contribution in [0.3, 0.4) is 0 Å². The number of nitrogens with zero attached hydrogens (tertiary/aromatic N) is 2. The number of primary amides is 1. The number of anilines is 1. The van der Waals surface area contributed by atoms with E-state index in [-0.39, 0.29) is 0 Å². The molecule has 2 heterocycles. The van der Waals surface area contributed by atoms with Gasteiger partial charge in [-0.25, -0.2) is 9.37 Å². The molecule has 0 aliphatic heterocycles. The van der Waals surface area contributed by atoms with Crippen LogP contribution in [0.4, 0.5) is 10.1 Å². The van der Waals surface area contributed by atoms with Gasteiger partial charge in [-0.1, -0.05) is 18.2 Å². The van der Waals surface area contributed by atoms with E-state index in [0.717, 1.165) is 22.5 Å². The van der Waals surface area contributed by atoms with Crippen LogP contribution in [0.1, 0.15) is 44.7 Å². The minimum absolute atomic E-state index is 0.296. The summed E-state index contributed by atoms with van der Waals surface area (Å²) in [6.45, 7) is 7.50. The molecule has 3 N–H and O–H groups in total. The fraction of sp³-hybridized carbons (Fsp3) is 0.263. The maximum Gasteiger partial charge on any atom is 0.250 e. The topological polar surface area (TPSA) is 72.4 Å². The summed E-state index contributed by atoms with van der Waals surface area (Å²) >= 11 is 0. The molecule has 0 aliphatic carbocycles. The van der Waals surface area contributed by atoms with Gasteiger partial charge in [0.05, 0.1) is 16.9 Å². The van der Waals surface area contributed by atoms with Crippen LogP contribution in [0.25, 0.3) is 5.65 Å². The normalized spacial score (nSPS) is 12.4. The maximum atomic E-state index is 15.0. The molecule has 3 aromatic rings. The predicted octanol–water partition coefficient (Wildman–Crippen LogP) is 3.75. The van der Waals surface area contributed by atoms with Crippen molar-refractivity contribution >= 4 is 17.2 Å². The number of fused-ring (bicyclic) bond motifs is 1. The Morgan fingerprint density at radius 2 is 1.88 bits per heavy atom. The van der Waals surface area contributed by atoms with Crippen LogP contribution in [0, 0.1) is 27.7 Å². The SMILES string of the molecule is Cc1cccc(C)c1C(F)Nc1cc(C(N)=O)cn2c(C)c(C)nc12. The molecular weight excluding hydrogens is 319 g/mol. The summed E-state index contributed by atoms with van der Waals surface area (Å²) in [5.41, 5.74) is 10.7. The third-order valence-electron chi connectivity index (χ3n) is 4.56. The van der Waals surface area contributed by atoms with E-state index in [0.29, 0.717) is 22.5 Å². The van der Waals surface area contributed by atoms with E-state index in [1.807, 2.05) is 45.9 Å². The zero-order chi connectivity index (χ0) is 18.3. The van der Waals surface area contributed by atoms with Gasteiger partial charge < -0.3 is 15.5 Å². The molecule has 3 rings (SSSR count). The lowest BCUT2D eigenvalue weighted by molar-refractivity contribution is 0.1000. The van der Waals surface area contributed by atoms with Gasteiger partial charge in [0.15, 0.2) is 11.9 Å². The fourth-order valence-corrected chi connectivity index (χ4v) is 3.05. The van der Waals surface area contributed by atoms with Gasteiger partial charge in [-0.15, -0.1) is 0 Å². The molecule has 0 bridgehead atoms. The number of hydrogen-bond acceptors (Lipinski definition) is 3. The zero-order valence-electron chi connectivity index (χ0n) is 14.7. The Bertz CT molecular complexity index is 957. The summed E-state index contributed by atoms with van der Waals surface area (Å²) in [5, 5.41) is 2.86. The third-order valence-corrected chi connectivity index (χ3v) is 4.56. The average molecular weight is 340 g/mol. The number of benzene rings is 1. The van der Waals surface area contributed by atoms with Crippen molar-refractivity contribution in [3.8, 4) is 0 Å². The minimum Gasteiger partial charge on any atom is -0.366 e. The Hall–Kier alpha value is -2.89. The first-order chi connectivity index (χ1) is 11.8. The second kappa shape index (κ2) is 6.20. The largest absolute Gasteiger partial charge is 0.366 e. The van der Waals surface area contributed by atoms with Gasteiger partial charge in [0.2, 0.25) is 5.91 Å². The molecule has 6 heteroatoms. The van der Waals surface area contributed by atoms with Crippen LogP contribution in [0.15, 0.2) is 30.5 Å². The van der Waals surface area contributed by atoms with Crippen LogP contribution in [0.2, 0.25) is 0 Å². The molecule has 1 aromatic carbocycles. The second-order valence-electron chi connectivity index (χ2n) is 6.30. The van der Waals surface area contributed by atoms with E-state index in [2.05, 4.69) is 10.3 Å². The molecule has 0 saturated heterocycles. The molecule has 0 radical (unpaired) electrons. The standard InChI is InChI=1S/C19H21FN4O/c1-10-6-5-7-11(2)16(10)17(20)23-15-8-14(18(21)25)9-24-13(4)12(3)22-19(15)24/h5-9,17,23H,1-4H3,(H2,21,25). The van der Waals surface area contributed by atoms with Crippen molar-refractivity contribution < 1.29 is 9.18 Å². The van der Waals surface area contributed by atoms with Crippen LogP contribution >= 0.6 is 0 Å². The van der Waals surface area contributed by atoms with Gasteiger partial charge >= 0.3 is 0 Å². The summed E-state index contributed by atoms with van der Waals surface area (Å²) in [4.78, 5) is 16.1. The fourth-order valence-electron chi connectivity index (χ4n) is 3.05. The highest BCUT2D eigenvalue weighted by molar-refractivity contribution is 5.94. The van der Waals surface area contributed by atoms with Gasteiger partial charge in [-0.3, -0.25) is 4.79 Å². The van der Waals surface area contributed by atoms with Gasteiger partial charge in [0, 0.05) is 17.5 Å². The summed E-state index contributed by atoms with van der Waals surface area (Å²) in [7, 11) is 0. The molecule has 0 fully saturated rings. The first-order valence-corrected chi connectivity index (χ1v) is 8.05. The molecule has 0 saturated carbocycles. The Morgan fingerprint density at radius 3 is 2.48 bits per heavy atom. The van der Waals surface area contributed by atoms with Gasteiger partial charge in [-0.05, 0) is 44.9 Å². The lowest BCUT2D eigenvalue weighted by Crippen LogP contribution is -2.15. The van der Waals surface area contributed by atoms with Crippen molar-refractivity contribution in [2.24, 2.45) is 5.73 Å². The molecule has 1 amide bonds. The Labute approximate surface area is 145 Å². The lowest BCUT2D eigenvalue weighted by atomic mass is 10.0. The first kappa shape index (κ1) is 17.0. The molecule has 0 spiro atoms. The molecule has 1 atom stereocenters. The van der Waals surface area contributed by atoms with Crippen LogP contribution < -0.4 is 11.1 Å². The molecule has 5 nitrogen and oxygen atoms in total. The number of pyridine rings is 1. The number of nitrogens with one attached hydrogen (secondary N) is 1. The van der Waals surface area contributed by atoms with Crippen molar-refractivity contribution in [1.29, 1.82) is 0 Å².